The van der Waals surface area contributed by atoms with Crippen molar-refractivity contribution in [1.29, 1.82) is 0 Å². The van der Waals surface area contributed by atoms with Crippen molar-refractivity contribution in [3.63, 3.8) is 0 Å². The summed E-state index contributed by atoms with van der Waals surface area (Å²) in [5.41, 5.74) is 2.93. The third-order valence-corrected chi connectivity index (χ3v) is 3.46. The van der Waals surface area contributed by atoms with Crippen LogP contribution in [-0.2, 0) is 4.79 Å². The molecule has 0 radical (unpaired) electrons. The summed E-state index contributed by atoms with van der Waals surface area (Å²) >= 11 is 0. The number of aromatic amines is 1. The number of hydrogen-bond acceptors (Lipinski definition) is 2. The monoisotopic (exact) mass is 266 g/mol. The average molecular weight is 266 g/mol. The molecule has 4 nitrogen and oxygen atoms in total. The number of aromatic nitrogens is 2. The molecule has 3 aromatic rings. The van der Waals surface area contributed by atoms with E-state index in [9.17, 15) is 9.90 Å². The van der Waals surface area contributed by atoms with Crippen molar-refractivity contribution in [3.05, 3.63) is 66.1 Å². The van der Waals surface area contributed by atoms with Gasteiger partial charge in [-0.15, -0.1) is 0 Å². The summed E-state index contributed by atoms with van der Waals surface area (Å²) in [4.78, 5) is 18.5. The number of nitrogens with one attached hydrogen (secondary N) is 1. The van der Waals surface area contributed by atoms with E-state index in [-0.39, 0.29) is 12.3 Å². The fourth-order valence-electron chi connectivity index (χ4n) is 2.55. The van der Waals surface area contributed by atoms with Crippen molar-refractivity contribution in [2.45, 2.75) is 12.3 Å². The number of carbonyl (C=O) groups is 1. The van der Waals surface area contributed by atoms with Crippen LogP contribution >= 0.6 is 0 Å². The van der Waals surface area contributed by atoms with Gasteiger partial charge < -0.3 is 10.1 Å². The second-order valence-electron chi connectivity index (χ2n) is 4.73. The zero-order valence-electron chi connectivity index (χ0n) is 10.8. The van der Waals surface area contributed by atoms with Crippen LogP contribution in [0.3, 0.4) is 0 Å². The van der Waals surface area contributed by atoms with Gasteiger partial charge in [0, 0.05) is 35.4 Å². The number of carboxylic acids is 1. The molecule has 0 bridgehead atoms. The smallest absolute Gasteiger partial charge is 0.304 e. The molecule has 100 valence electrons. The SMILES string of the molecule is O=C(O)CC(c1cccnc1)c1c[nH]c2ccccc12. The molecule has 0 spiro atoms. The highest BCUT2D eigenvalue weighted by Crippen LogP contribution is 2.32. The molecule has 0 fully saturated rings. The number of fused-ring (bicyclic) bond motifs is 1. The molecule has 0 saturated carbocycles. The molecule has 2 aromatic heterocycles. The van der Waals surface area contributed by atoms with E-state index in [1.807, 2.05) is 42.6 Å². The summed E-state index contributed by atoms with van der Waals surface area (Å²) in [7, 11) is 0. The normalized spacial score (nSPS) is 12.4. The molecule has 20 heavy (non-hydrogen) atoms. The first-order chi connectivity index (χ1) is 9.75. The van der Waals surface area contributed by atoms with Gasteiger partial charge in [-0.25, -0.2) is 0 Å². The molecule has 1 unspecified atom stereocenters. The van der Waals surface area contributed by atoms with Crippen molar-refractivity contribution < 1.29 is 9.90 Å². The predicted octanol–water partition coefficient (Wildman–Crippen LogP) is 3.17. The second kappa shape index (κ2) is 5.17. The number of hydrogen-bond donors (Lipinski definition) is 2. The van der Waals surface area contributed by atoms with Gasteiger partial charge in [-0.05, 0) is 23.3 Å². The van der Waals surface area contributed by atoms with Gasteiger partial charge in [0.15, 0.2) is 0 Å². The zero-order valence-corrected chi connectivity index (χ0v) is 10.8. The highest BCUT2D eigenvalue weighted by Gasteiger charge is 2.21. The van der Waals surface area contributed by atoms with Crippen LogP contribution in [0.25, 0.3) is 10.9 Å². The molecule has 0 aliphatic rings. The van der Waals surface area contributed by atoms with Crippen LogP contribution in [0.15, 0.2) is 55.0 Å². The van der Waals surface area contributed by atoms with Crippen molar-refractivity contribution in [3.8, 4) is 0 Å². The van der Waals surface area contributed by atoms with Gasteiger partial charge in [-0.2, -0.15) is 0 Å². The Labute approximate surface area is 116 Å². The second-order valence-corrected chi connectivity index (χ2v) is 4.73. The van der Waals surface area contributed by atoms with Crippen molar-refractivity contribution >= 4 is 16.9 Å². The highest BCUT2D eigenvalue weighted by molar-refractivity contribution is 5.85. The first kappa shape index (κ1) is 12.4. The van der Waals surface area contributed by atoms with Crippen molar-refractivity contribution in [1.82, 2.24) is 9.97 Å². The van der Waals surface area contributed by atoms with E-state index in [1.54, 1.807) is 12.4 Å². The molecule has 0 aliphatic carbocycles. The minimum Gasteiger partial charge on any atom is -0.481 e. The maximum absolute atomic E-state index is 11.2. The van der Waals surface area contributed by atoms with Crippen LogP contribution in [0, 0.1) is 0 Å². The Morgan fingerprint density at radius 3 is 2.85 bits per heavy atom. The standard InChI is InChI=1S/C16H14N2O2/c19-16(20)8-13(11-4-3-7-17-9-11)14-10-18-15-6-2-1-5-12(14)15/h1-7,9-10,13,18H,8H2,(H,19,20). The Bertz CT molecular complexity index is 734. The van der Waals surface area contributed by atoms with Crippen LogP contribution < -0.4 is 0 Å². The van der Waals surface area contributed by atoms with E-state index in [1.165, 1.54) is 0 Å². The number of pyridine rings is 1. The number of para-hydroxylation sites is 1. The van der Waals surface area contributed by atoms with E-state index in [4.69, 9.17) is 0 Å². The average Bonchev–Trinajstić information content (AvgIpc) is 2.89. The Morgan fingerprint density at radius 2 is 2.10 bits per heavy atom. The minimum absolute atomic E-state index is 0.0491. The molecular formula is C16H14N2O2. The molecule has 1 aromatic carbocycles. The largest absolute Gasteiger partial charge is 0.481 e. The van der Waals surface area contributed by atoms with Gasteiger partial charge in [-0.1, -0.05) is 24.3 Å². The number of carboxylic acid groups (broad SMARTS) is 1. The molecule has 0 aliphatic heterocycles. The molecule has 0 saturated heterocycles. The van der Waals surface area contributed by atoms with E-state index in [2.05, 4.69) is 9.97 Å². The third-order valence-electron chi connectivity index (χ3n) is 3.46. The van der Waals surface area contributed by atoms with Gasteiger partial charge >= 0.3 is 5.97 Å². The molecule has 0 amide bonds. The Morgan fingerprint density at radius 1 is 1.25 bits per heavy atom. The van der Waals surface area contributed by atoms with E-state index < -0.39 is 5.97 Å². The highest BCUT2D eigenvalue weighted by atomic mass is 16.4. The van der Waals surface area contributed by atoms with Gasteiger partial charge in [0.25, 0.3) is 0 Å². The quantitative estimate of drug-likeness (QED) is 0.762. The van der Waals surface area contributed by atoms with Crippen LogP contribution in [0.2, 0.25) is 0 Å². The number of benzene rings is 1. The maximum atomic E-state index is 11.2. The lowest BCUT2D eigenvalue weighted by atomic mass is 9.89. The summed E-state index contributed by atoms with van der Waals surface area (Å²) < 4.78 is 0. The Hall–Kier alpha value is -2.62. The zero-order chi connectivity index (χ0) is 13.9. The van der Waals surface area contributed by atoms with Crippen LogP contribution in [0.1, 0.15) is 23.5 Å². The first-order valence-electron chi connectivity index (χ1n) is 6.43. The lowest BCUT2D eigenvalue weighted by Gasteiger charge is -2.14. The summed E-state index contributed by atoms with van der Waals surface area (Å²) in [5, 5.41) is 10.2. The number of H-pyrrole nitrogens is 1. The number of nitrogens with zero attached hydrogens (tertiary/aromatic N) is 1. The van der Waals surface area contributed by atoms with E-state index in [0.717, 1.165) is 22.0 Å². The molecule has 3 rings (SSSR count). The number of aliphatic carboxylic acids is 1. The van der Waals surface area contributed by atoms with Crippen molar-refractivity contribution in [2.75, 3.05) is 0 Å². The van der Waals surface area contributed by atoms with E-state index >= 15 is 0 Å². The van der Waals surface area contributed by atoms with Crippen LogP contribution in [0.4, 0.5) is 0 Å². The van der Waals surface area contributed by atoms with Crippen LogP contribution in [0.5, 0.6) is 0 Å². The fraction of sp³-hybridized carbons (Fsp3) is 0.125. The molecular weight excluding hydrogens is 252 g/mol. The summed E-state index contributed by atoms with van der Waals surface area (Å²) in [5.74, 6) is -1.01. The van der Waals surface area contributed by atoms with E-state index in [0.29, 0.717) is 0 Å². The van der Waals surface area contributed by atoms with Gasteiger partial charge in [-0.3, -0.25) is 9.78 Å². The van der Waals surface area contributed by atoms with Gasteiger partial charge in [0.2, 0.25) is 0 Å². The van der Waals surface area contributed by atoms with Gasteiger partial charge in [0.1, 0.15) is 0 Å². The number of rotatable bonds is 4. The van der Waals surface area contributed by atoms with Crippen LogP contribution in [-0.4, -0.2) is 21.0 Å². The fourth-order valence-corrected chi connectivity index (χ4v) is 2.55. The minimum atomic E-state index is -0.816. The maximum Gasteiger partial charge on any atom is 0.304 e. The molecule has 4 heteroatoms. The molecule has 2 heterocycles. The summed E-state index contributed by atoms with van der Waals surface area (Å²) in [6, 6.07) is 11.7. The Kier molecular flexibility index (Phi) is 3.21. The third kappa shape index (κ3) is 2.28. The predicted molar refractivity (Wildman–Crippen MR) is 76.6 cm³/mol. The molecule has 1 atom stereocenters. The topological polar surface area (TPSA) is 66.0 Å². The van der Waals surface area contributed by atoms with Gasteiger partial charge in [0.05, 0.1) is 6.42 Å². The first-order valence-corrected chi connectivity index (χ1v) is 6.43. The summed E-state index contributed by atoms with van der Waals surface area (Å²) in [6.07, 6.45) is 5.37. The lowest BCUT2D eigenvalue weighted by molar-refractivity contribution is -0.137. The molecule has 2 N–H and O–H groups in total. The lowest BCUT2D eigenvalue weighted by Crippen LogP contribution is -2.07. The summed E-state index contributed by atoms with van der Waals surface area (Å²) in [6.45, 7) is 0. The van der Waals surface area contributed by atoms with Crippen molar-refractivity contribution in [2.24, 2.45) is 0 Å². The Balaban J connectivity index is 2.12.